The van der Waals surface area contributed by atoms with Gasteiger partial charge in [-0.2, -0.15) is 0 Å². The predicted molar refractivity (Wildman–Crippen MR) is 89.5 cm³/mol. The number of carbonyl (C=O) groups is 2. The number of likely N-dealkylation sites (N-methyl/N-ethyl adjacent to an activating group) is 2. The van der Waals surface area contributed by atoms with E-state index in [0.29, 0.717) is 13.0 Å². The molecule has 7 nitrogen and oxygen atoms in total. The Balaban J connectivity index is 4.38. The molecule has 0 saturated heterocycles. The van der Waals surface area contributed by atoms with E-state index >= 15 is 0 Å². The molecular weight excluding hydrogens is 282 g/mol. The molecule has 0 heterocycles. The molecule has 0 spiro atoms. The van der Waals surface area contributed by atoms with Crippen LogP contribution in [-0.4, -0.2) is 58.1 Å². The van der Waals surface area contributed by atoms with Crippen molar-refractivity contribution in [1.82, 2.24) is 21.3 Å². The van der Waals surface area contributed by atoms with E-state index in [1.807, 2.05) is 7.05 Å². The lowest BCUT2D eigenvalue weighted by Crippen LogP contribution is -2.51. The number of unbranched alkanes of at least 4 members (excludes halogenated alkanes) is 2. The quantitative estimate of drug-likeness (QED) is 0.290. The maximum absolute atomic E-state index is 12.3. The van der Waals surface area contributed by atoms with Crippen molar-refractivity contribution in [3.63, 3.8) is 0 Å². The number of rotatable bonds is 13. The topological polar surface area (TPSA) is 108 Å². The first-order valence-corrected chi connectivity index (χ1v) is 8.14. The Morgan fingerprint density at radius 2 is 1.55 bits per heavy atom. The Morgan fingerprint density at radius 3 is 2.09 bits per heavy atom. The molecule has 2 unspecified atom stereocenters. The van der Waals surface area contributed by atoms with Gasteiger partial charge in [-0.1, -0.05) is 6.42 Å². The first-order valence-electron chi connectivity index (χ1n) is 8.14. The molecule has 0 aromatic carbocycles. The van der Waals surface area contributed by atoms with Gasteiger partial charge in [-0.05, 0) is 59.3 Å². The lowest BCUT2D eigenvalue weighted by molar-refractivity contribution is -0.130. The zero-order chi connectivity index (χ0) is 16.8. The molecule has 2 amide bonds. The smallest absolute Gasteiger partial charge is 0.242 e. The molecule has 0 radical (unpaired) electrons. The van der Waals surface area contributed by atoms with Crippen molar-refractivity contribution < 1.29 is 9.59 Å². The minimum Gasteiger partial charge on any atom is -0.357 e. The Morgan fingerprint density at radius 1 is 0.909 bits per heavy atom. The Bertz CT molecular complexity index is 312. The molecule has 0 aromatic heterocycles. The molecule has 0 aliphatic rings. The second kappa shape index (κ2) is 13.5. The predicted octanol–water partition coefficient (Wildman–Crippen LogP) is -0.676. The largest absolute Gasteiger partial charge is 0.357 e. The van der Waals surface area contributed by atoms with Gasteiger partial charge in [0.1, 0.15) is 6.04 Å². The number of hydrogen-bond donors (Lipinski definition) is 5. The van der Waals surface area contributed by atoms with E-state index in [1.165, 1.54) is 0 Å². The van der Waals surface area contributed by atoms with Gasteiger partial charge >= 0.3 is 0 Å². The lowest BCUT2D eigenvalue weighted by atomic mass is 10.1. The van der Waals surface area contributed by atoms with E-state index < -0.39 is 6.04 Å². The third-order valence-corrected chi connectivity index (χ3v) is 3.66. The van der Waals surface area contributed by atoms with Gasteiger partial charge in [-0.25, -0.2) is 0 Å². The third-order valence-electron chi connectivity index (χ3n) is 3.66. The first kappa shape index (κ1) is 20.8. The fraction of sp³-hybridized carbons (Fsp3) is 0.867. The van der Waals surface area contributed by atoms with Gasteiger partial charge in [-0.3, -0.25) is 9.59 Å². The fourth-order valence-electron chi connectivity index (χ4n) is 2.26. The summed E-state index contributed by atoms with van der Waals surface area (Å²) < 4.78 is 0. The standard InChI is InChI=1S/C15H33N5O2/c1-17-11-7-5-8-12(18-2)15(22)20-13(14(21)19-3)9-4-6-10-16/h12-13,17-18H,4-11,16H2,1-3H3,(H,19,21)(H,20,22). The summed E-state index contributed by atoms with van der Waals surface area (Å²) in [5.41, 5.74) is 5.47. The van der Waals surface area contributed by atoms with Gasteiger partial charge in [0, 0.05) is 7.05 Å². The molecule has 22 heavy (non-hydrogen) atoms. The summed E-state index contributed by atoms with van der Waals surface area (Å²) >= 11 is 0. The summed E-state index contributed by atoms with van der Waals surface area (Å²) in [4.78, 5) is 24.2. The SMILES string of the molecule is CNCCCCC(NC)C(=O)NC(CCCCN)C(=O)NC. The number of nitrogens with one attached hydrogen (secondary N) is 4. The van der Waals surface area contributed by atoms with Gasteiger partial charge in [0.25, 0.3) is 0 Å². The van der Waals surface area contributed by atoms with Crippen LogP contribution in [-0.2, 0) is 9.59 Å². The number of nitrogens with two attached hydrogens (primary N) is 1. The molecule has 0 bridgehead atoms. The molecule has 0 rings (SSSR count). The minimum atomic E-state index is -0.489. The Hall–Kier alpha value is -1.18. The van der Waals surface area contributed by atoms with Gasteiger partial charge in [-0.15, -0.1) is 0 Å². The van der Waals surface area contributed by atoms with Gasteiger partial charge in [0.2, 0.25) is 11.8 Å². The van der Waals surface area contributed by atoms with Crippen molar-refractivity contribution in [2.24, 2.45) is 5.73 Å². The summed E-state index contributed by atoms with van der Waals surface area (Å²) in [7, 11) is 5.26. The first-order chi connectivity index (χ1) is 10.6. The van der Waals surface area contributed by atoms with Crippen LogP contribution in [0.5, 0.6) is 0 Å². The molecule has 7 heteroatoms. The van der Waals surface area contributed by atoms with Crippen molar-refractivity contribution in [2.45, 2.75) is 50.6 Å². The van der Waals surface area contributed by atoms with Crippen molar-refractivity contribution in [2.75, 3.05) is 34.2 Å². The van der Waals surface area contributed by atoms with E-state index in [-0.39, 0.29) is 17.9 Å². The lowest BCUT2D eigenvalue weighted by Gasteiger charge is -2.21. The van der Waals surface area contributed by atoms with E-state index in [9.17, 15) is 9.59 Å². The van der Waals surface area contributed by atoms with Gasteiger partial charge in [0.15, 0.2) is 0 Å². The number of hydrogen-bond acceptors (Lipinski definition) is 5. The number of carbonyl (C=O) groups excluding carboxylic acids is 2. The monoisotopic (exact) mass is 315 g/mol. The highest BCUT2D eigenvalue weighted by Gasteiger charge is 2.23. The summed E-state index contributed by atoms with van der Waals surface area (Å²) in [6, 6.07) is -0.754. The van der Waals surface area contributed by atoms with Crippen LogP contribution in [0.3, 0.4) is 0 Å². The second-order valence-corrected chi connectivity index (χ2v) is 5.40. The number of amides is 2. The van der Waals surface area contributed by atoms with Crippen molar-refractivity contribution in [3.05, 3.63) is 0 Å². The van der Waals surface area contributed by atoms with Crippen molar-refractivity contribution in [1.29, 1.82) is 0 Å². The summed E-state index contributed by atoms with van der Waals surface area (Å²) in [6.07, 6.45) is 5.02. The van der Waals surface area contributed by atoms with Gasteiger partial charge < -0.3 is 27.0 Å². The van der Waals surface area contributed by atoms with Gasteiger partial charge in [0.05, 0.1) is 6.04 Å². The highest BCUT2D eigenvalue weighted by molar-refractivity contribution is 5.89. The highest BCUT2D eigenvalue weighted by Crippen LogP contribution is 2.04. The molecule has 0 aliphatic heterocycles. The molecule has 0 saturated carbocycles. The van der Waals surface area contributed by atoms with Crippen LogP contribution < -0.4 is 27.0 Å². The molecular formula is C15H33N5O2. The average Bonchev–Trinajstić information content (AvgIpc) is 2.53. The Labute approximate surface area is 134 Å². The highest BCUT2D eigenvalue weighted by atomic mass is 16.2. The molecule has 2 atom stereocenters. The third kappa shape index (κ3) is 8.96. The van der Waals surface area contributed by atoms with Crippen LogP contribution in [0, 0.1) is 0 Å². The fourth-order valence-corrected chi connectivity index (χ4v) is 2.26. The van der Waals surface area contributed by atoms with E-state index in [2.05, 4.69) is 21.3 Å². The second-order valence-electron chi connectivity index (χ2n) is 5.40. The molecule has 130 valence electrons. The van der Waals surface area contributed by atoms with Crippen molar-refractivity contribution in [3.8, 4) is 0 Å². The molecule has 0 fully saturated rings. The van der Waals surface area contributed by atoms with E-state index in [4.69, 9.17) is 5.73 Å². The summed E-state index contributed by atoms with van der Waals surface area (Å²) in [5, 5.41) is 11.6. The zero-order valence-corrected chi connectivity index (χ0v) is 14.2. The minimum absolute atomic E-state index is 0.117. The Kier molecular flexibility index (Phi) is 12.8. The maximum Gasteiger partial charge on any atom is 0.242 e. The van der Waals surface area contributed by atoms with E-state index in [0.717, 1.165) is 38.6 Å². The average molecular weight is 315 g/mol. The molecule has 0 aliphatic carbocycles. The normalized spacial score (nSPS) is 13.5. The van der Waals surface area contributed by atoms with Crippen LogP contribution in [0.15, 0.2) is 0 Å². The molecule has 0 aromatic rings. The van der Waals surface area contributed by atoms with Crippen LogP contribution in [0.4, 0.5) is 0 Å². The van der Waals surface area contributed by atoms with Crippen molar-refractivity contribution >= 4 is 11.8 Å². The maximum atomic E-state index is 12.3. The summed E-state index contributed by atoms with van der Waals surface area (Å²) in [6.45, 7) is 1.54. The van der Waals surface area contributed by atoms with Crippen LogP contribution in [0.25, 0.3) is 0 Å². The van der Waals surface area contributed by atoms with Crippen LogP contribution in [0.2, 0.25) is 0 Å². The van der Waals surface area contributed by atoms with Crippen LogP contribution in [0.1, 0.15) is 38.5 Å². The zero-order valence-electron chi connectivity index (χ0n) is 14.2. The van der Waals surface area contributed by atoms with Crippen LogP contribution >= 0.6 is 0 Å². The molecule has 6 N–H and O–H groups in total. The summed E-state index contributed by atoms with van der Waals surface area (Å²) in [5.74, 6) is -0.274. The van der Waals surface area contributed by atoms with E-state index in [1.54, 1.807) is 14.1 Å².